The fraction of sp³-hybridized carbons (Fsp3) is 0.417. The molecular weight excluding hydrogens is 240 g/mol. The van der Waals surface area contributed by atoms with Gasteiger partial charge in [0.15, 0.2) is 0 Å². The maximum absolute atomic E-state index is 11.4. The van der Waals surface area contributed by atoms with Crippen molar-refractivity contribution in [3.63, 3.8) is 0 Å². The number of ether oxygens (including phenoxy) is 1. The number of carbonyl (C=O) groups is 1. The zero-order valence-electron chi connectivity index (χ0n) is 10.0. The van der Waals surface area contributed by atoms with Crippen molar-refractivity contribution in [2.75, 3.05) is 25.0 Å². The number of rotatable bonds is 6. The van der Waals surface area contributed by atoms with E-state index in [1.807, 2.05) is 13.8 Å². The molecule has 94 valence electrons. The fourth-order valence-electron chi connectivity index (χ4n) is 1.29. The first-order valence-electron chi connectivity index (χ1n) is 5.60. The Hall–Kier alpha value is -1.26. The highest BCUT2D eigenvalue weighted by molar-refractivity contribution is 6.32. The van der Waals surface area contributed by atoms with Crippen LogP contribution in [0.5, 0.6) is 5.75 Å². The summed E-state index contributed by atoms with van der Waals surface area (Å²) in [6.45, 7) is 5.45. The maximum Gasteiger partial charge on any atom is 0.238 e. The van der Waals surface area contributed by atoms with E-state index in [-0.39, 0.29) is 5.91 Å². The summed E-state index contributed by atoms with van der Waals surface area (Å²) in [6, 6.07) is 5.19. The molecule has 0 aliphatic heterocycles. The van der Waals surface area contributed by atoms with E-state index in [4.69, 9.17) is 16.3 Å². The molecule has 0 saturated heterocycles. The molecule has 0 fully saturated rings. The Kier molecular flexibility index (Phi) is 5.80. The predicted molar refractivity (Wildman–Crippen MR) is 69.8 cm³/mol. The van der Waals surface area contributed by atoms with Crippen molar-refractivity contribution in [2.24, 2.45) is 0 Å². The lowest BCUT2D eigenvalue weighted by molar-refractivity contribution is -0.115. The lowest BCUT2D eigenvalue weighted by Crippen LogP contribution is -2.27. The average Bonchev–Trinajstić information content (AvgIpc) is 2.30. The molecule has 1 amide bonds. The predicted octanol–water partition coefficient (Wildman–Crippen LogP) is 2.29. The summed E-state index contributed by atoms with van der Waals surface area (Å²) in [6.07, 6.45) is 0. The van der Waals surface area contributed by atoms with Crippen LogP contribution < -0.4 is 15.4 Å². The van der Waals surface area contributed by atoms with Gasteiger partial charge in [-0.05, 0) is 31.7 Å². The molecular formula is C12H17ClN2O2. The number of hydrogen-bond acceptors (Lipinski definition) is 3. The van der Waals surface area contributed by atoms with Crippen LogP contribution in [0.2, 0.25) is 5.02 Å². The number of benzene rings is 1. The third-order valence-electron chi connectivity index (χ3n) is 2.05. The van der Waals surface area contributed by atoms with Gasteiger partial charge in [0.25, 0.3) is 0 Å². The van der Waals surface area contributed by atoms with E-state index in [0.29, 0.717) is 29.6 Å². The average molecular weight is 257 g/mol. The standard InChI is InChI=1S/C12H17ClN2O2/c1-3-14-8-12(16)15-9-5-6-11(17-4-2)10(13)7-9/h5-7,14H,3-4,8H2,1-2H3,(H,15,16). The molecule has 0 atom stereocenters. The number of amides is 1. The van der Waals surface area contributed by atoms with E-state index in [1.54, 1.807) is 18.2 Å². The minimum atomic E-state index is -0.0907. The first kappa shape index (κ1) is 13.8. The number of nitrogens with one attached hydrogen (secondary N) is 2. The van der Waals surface area contributed by atoms with Crippen molar-refractivity contribution in [1.82, 2.24) is 5.32 Å². The van der Waals surface area contributed by atoms with Gasteiger partial charge in [0.05, 0.1) is 18.2 Å². The van der Waals surface area contributed by atoms with E-state index >= 15 is 0 Å². The Morgan fingerprint density at radius 1 is 1.41 bits per heavy atom. The second-order valence-corrected chi connectivity index (χ2v) is 3.81. The first-order chi connectivity index (χ1) is 8.17. The zero-order chi connectivity index (χ0) is 12.7. The maximum atomic E-state index is 11.4. The third kappa shape index (κ3) is 4.63. The van der Waals surface area contributed by atoms with Crippen LogP contribution in [0.25, 0.3) is 0 Å². The zero-order valence-corrected chi connectivity index (χ0v) is 10.8. The number of likely N-dealkylation sites (N-methyl/N-ethyl adjacent to an activating group) is 1. The van der Waals surface area contributed by atoms with Crippen molar-refractivity contribution < 1.29 is 9.53 Å². The summed E-state index contributed by atoms with van der Waals surface area (Å²) in [4.78, 5) is 11.4. The lowest BCUT2D eigenvalue weighted by Gasteiger charge is -2.09. The highest BCUT2D eigenvalue weighted by atomic mass is 35.5. The van der Waals surface area contributed by atoms with Gasteiger partial charge < -0.3 is 15.4 Å². The van der Waals surface area contributed by atoms with Crippen molar-refractivity contribution in [3.05, 3.63) is 23.2 Å². The first-order valence-corrected chi connectivity index (χ1v) is 5.98. The molecule has 0 aromatic heterocycles. The number of hydrogen-bond donors (Lipinski definition) is 2. The van der Waals surface area contributed by atoms with Gasteiger partial charge in [0.2, 0.25) is 5.91 Å². The SMILES string of the molecule is CCNCC(=O)Nc1ccc(OCC)c(Cl)c1. The van der Waals surface area contributed by atoms with E-state index in [0.717, 1.165) is 6.54 Å². The van der Waals surface area contributed by atoms with Crippen LogP contribution in [0.1, 0.15) is 13.8 Å². The highest BCUT2D eigenvalue weighted by Crippen LogP contribution is 2.27. The Labute approximate surface area is 106 Å². The summed E-state index contributed by atoms with van der Waals surface area (Å²) >= 11 is 6.00. The van der Waals surface area contributed by atoms with E-state index in [1.165, 1.54) is 0 Å². The van der Waals surface area contributed by atoms with Gasteiger partial charge in [0.1, 0.15) is 5.75 Å². The van der Waals surface area contributed by atoms with E-state index < -0.39 is 0 Å². The highest BCUT2D eigenvalue weighted by Gasteiger charge is 2.05. The van der Waals surface area contributed by atoms with Gasteiger partial charge in [0, 0.05) is 5.69 Å². The van der Waals surface area contributed by atoms with Crippen LogP contribution in [-0.4, -0.2) is 25.6 Å². The van der Waals surface area contributed by atoms with Gasteiger partial charge in [-0.2, -0.15) is 0 Å². The van der Waals surface area contributed by atoms with Crippen LogP contribution in [0.4, 0.5) is 5.69 Å². The van der Waals surface area contributed by atoms with Gasteiger partial charge in [-0.3, -0.25) is 4.79 Å². The van der Waals surface area contributed by atoms with Gasteiger partial charge in [-0.25, -0.2) is 0 Å². The summed E-state index contributed by atoms with van der Waals surface area (Å²) in [7, 11) is 0. The molecule has 0 bridgehead atoms. The minimum Gasteiger partial charge on any atom is -0.492 e. The Morgan fingerprint density at radius 3 is 2.76 bits per heavy atom. The largest absolute Gasteiger partial charge is 0.492 e. The number of anilines is 1. The molecule has 0 spiro atoms. The lowest BCUT2D eigenvalue weighted by atomic mass is 10.3. The van der Waals surface area contributed by atoms with E-state index in [2.05, 4.69) is 10.6 Å². The third-order valence-corrected chi connectivity index (χ3v) is 2.35. The molecule has 2 N–H and O–H groups in total. The van der Waals surface area contributed by atoms with Crippen LogP contribution in [0, 0.1) is 0 Å². The molecule has 1 aromatic carbocycles. The molecule has 5 heteroatoms. The molecule has 1 aromatic rings. The summed E-state index contributed by atoms with van der Waals surface area (Å²) < 4.78 is 5.30. The molecule has 17 heavy (non-hydrogen) atoms. The second kappa shape index (κ2) is 7.14. The van der Waals surface area contributed by atoms with Crippen LogP contribution in [0.3, 0.4) is 0 Å². The van der Waals surface area contributed by atoms with Gasteiger partial charge in [-0.1, -0.05) is 18.5 Å². The smallest absolute Gasteiger partial charge is 0.238 e. The topological polar surface area (TPSA) is 50.4 Å². The summed E-state index contributed by atoms with van der Waals surface area (Å²) in [5, 5.41) is 6.18. The van der Waals surface area contributed by atoms with Crippen molar-refractivity contribution >= 4 is 23.2 Å². The molecule has 0 aliphatic rings. The fourth-order valence-corrected chi connectivity index (χ4v) is 1.53. The molecule has 0 aliphatic carbocycles. The minimum absolute atomic E-state index is 0.0907. The van der Waals surface area contributed by atoms with Crippen molar-refractivity contribution in [1.29, 1.82) is 0 Å². The molecule has 1 rings (SSSR count). The molecule has 0 radical (unpaired) electrons. The van der Waals surface area contributed by atoms with Crippen molar-refractivity contribution in [2.45, 2.75) is 13.8 Å². The molecule has 0 unspecified atom stereocenters. The Morgan fingerprint density at radius 2 is 2.18 bits per heavy atom. The van der Waals surface area contributed by atoms with Crippen LogP contribution in [-0.2, 0) is 4.79 Å². The Balaban J connectivity index is 2.60. The van der Waals surface area contributed by atoms with Gasteiger partial charge in [-0.15, -0.1) is 0 Å². The molecule has 0 saturated carbocycles. The Bertz CT molecular complexity index is 383. The van der Waals surface area contributed by atoms with Crippen LogP contribution in [0.15, 0.2) is 18.2 Å². The summed E-state index contributed by atoms with van der Waals surface area (Å²) in [5.74, 6) is 0.533. The monoisotopic (exact) mass is 256 g/mol. The number of carbonyl (C=O) groups excluding carboxylic acids is 1. The normalized spacial score (nSPS) is 10.1. The van der Waals surface area contributed by atoms with Gasteiger partial charge >= 0.3 is 0 Å². The van der Waals surface area contributed by atoms with E-state index in [9.17, 15) is 4.79 Å². The van der Waals surface area contributed by atoms with Crippen molar-refractivity contribution in [3.8, 4) is 5.75 Å². The summed E-state index contributed by atoms with van der Waals surface area (Å²) in [5.41, 5.74) is 0.668. The molecule has 4 nitrogen and oxygen atoms in total. The number of halogens is 1. The molecule has 0 heterocycles. The second-order valence-electron chi connectivity index (χ2n) is 3.41. The quantitative estimate of drug-likeness (QED) is 0.821. The van der Waals surface area contributed by atoms with Crippen LogP contribution >= 0.6 is 11.6 Å².